The number of carbonyl (C=O) groups excluding carboxylic acids is 1. The summed E-state index contributed by atoms with van der Waals surface area (Å²) in [5, 5.41) is 11.3. The molecule has 1 aromatic carbocycles. The fourth-order valence-corrected chi connectivity index (χ4v) is 1.38. The van der Waals surface area contributed by atoms with Crippen molar-refractivity contribution in [3.8, 4) is 5.75 Å². The van der Waals surface area contributed by atoms with Crippen molar-refractivity contribution in [3.63, 3.8) is 0 Å². The molecule has 0 bridgehead atoms. The molecule has 0 amide bonds. The number of allylic oxidation sites excluding steroid dienone is 1. The average molecular weight is 278 g/mol. The number of esters is 1. The lowest BCUT2D eigenvalue weighted by Gasteiger charge is -2.07. The van der Waals surface area contributed by atoms with E-state index in [0.29, 0.717) is 5.75 Å². The third-order valence-corrected chi connectivity index (χ3v) is 2.47. The molecule has 0 aliphatic heterocycles. The van der Waals surface area contributed by atoms with Crippen LogP contribution in [0.15, 0.2) is 42.3 Å². The van der Waals surface area contributed by atoms with Gasteiger partial charge in [0.25, 0.3) is 0 Å². The van der Waals surface area contributed by atoms with Crippen molar-refractivity contribution in [1.82, 2.24) is 0 Å². The van der Waals surface area contributed by atoms with Crippen molar-refractivity contribution in [3.05, 3.63) is 47.9 Å². The second kappa shape index (κ2) is 8.93. The van der Waals surface area contributed by atoms with Gasteiger partial charge < -0.3 is 9.62 Å². The normalized spacial score (nSPS) is 9.80. The van der Waals surface area contributed by atoms with Crippen LogP contribution < -0.4 is 4.74 Å². The van der Waals surface area contributed by atoms with Crippen LogP contribution in [0.3, 0.4) is 0 Å². The van der Waals surface area contributed by atoms with Gasteiger partial charge in [0.2, 0.25) is 0 Å². The highest BCUT2D eigenvalue weighted by Crippen LogP contribution is 2.15. The summed E-state index contributed by atoms with van der Waals surface area (Å²) in [6, 6.07) is 7.37. The van der Waals surface area contributed by atoms with Crippen LogP contribution in [0.25, 0.3) is 0 Å². The fraction of sp³-hybridized carbons (Fsp3) is 0.333. The van der Waals surface area contributed by atoms with Gasteiger partial charge in [-0.15, -0.1) is 0 Å². The zero-order chi connectivity index (χ0) is 14.8. The summed E-state index contributed by atoms with van der Waals surface area (Å²) in [7, 11) is 0. The summed E-state index contributed by atoms with van der Waals surface area (Å²) in [5.41, 5.74) is 3.80. The van der Waals surface area contributed by atoms with E-state index in [4.69, 9.17) is 9.99 Å². The molecule has 0 radical (unpaired) electrons. The lowest BCUT2D eigenvalue weighted by atomic mass is 10.1. The van der Waals surface area contributed by atoms with E-state index < -0.39 is 0 Å². The van der Waals surface area contributed by atoms with Crippen molar-refractivity contribution < 1.29 is 24.7 Å². The molecule has 5 heteroatoms. The molecule has 1 rings (SSSR count). The lowest BCUT2D eigenvalue weighted by Crippen LogP contribution is -2.14. The second-order valence-corrected chi connectivity index (χ2v) is 4.42. The first-order valence-electron chi connectivity index (χ1n) is 6.30. The van der Waals surface area contributed by atoms with E-state index in [1.165, 1.54) is 0 Å². The maximum absolute atomic E-state index is 11.4. The number of carbonyl (C=O) groups is 1. The third kappa shape index (κ3) is 6.20. The van der Waals surface area contributed by atoms with Gasteiger partial charge in [0, 0.05) is 0 Å². The average Bonchev–Trinajstić information content (AvgIpc) is 2.44. The number of benzene rings is 1. The van der Waals surface area contributed by atoms with Crippen LogP contribution in [-0.4, -0.2) is 11.2 Å². The molecule has 108 valence electrons. The van der Waals surface area contributed by atoms with Crippen LogP contribution in [0.2, 0.25) is 0 Å². The molecule has 0 aliphatic carbocycles. The van der Waals surface area contributed by atoms with Crippen LogP contribution in [0.5, 0.6) is 5.75 Å². The van der Waals surface area contributed by atoms with Crippen molar-refractivity contribution in [2.75, 3.05) is 0 Å². The molecule has 20 heavy (non-hydrogen) atoms. The molecule has 0 saturated heterocycles. The Kier molecular flexibility index (Phi) is 7.14. The summed E-state index contributed by atoms with van der Waals surface area (Å²) in [4.78, 5) is 15.5. The standard InChI is InChI=1S/C15H18O5/c1-12(2)15(16)19-14-9-7-13(8-10-14)6-4-3-5-11-18-20-17/h3,7-12,17H,4,6H2,1-2H3. The van der Waals surface area contributed by atoms with E-state index >= 15 is 0 Å². The summed E-state index contributed by atoms with van der Waals surface area (Å²) in [6.45, 7) is 3.59. The number of rotatable bonds is 7. The number of hydrogen-bond donors (Lipinski definition) is 1. The van der Waals surface area contributed by atoms with Crippen LogP contribution in [0.4, 0.5) is 0 Å². The maximum Gasteiger partial charge on any atom is 0.313 e. The second-order valence-electron chi connectivity index (χ2n) is 4.42. The van der Waals surface area contributed by atoms with Gasteiger partial charge >= 0.3 is 5.97 Å². The molecule has 1 aromatic rings. The van der Waals surface area contributed by atoms with Gasteiger partial charge in [-0.2, -0.15) is 0 Å². The summed E-state index contributed by atoms with van der Waals surface area (Å²) < 4.78 is 5.18. The molecule has 0 aliphatic rings. The van der Waals surface area contributed by atoms with Gasteiger partial charge in [0.1, 0.15) is 5.75 Å². The summed E-state index contributed by atoms with van der Waals surface area (Å²) in [5.74, 6) is 0.171. The smallest absolute Gasteiger partial charge is 0.313 e. The zero-order valence-corrected chi connectivity index (χ0v) is 11.5. The Bertz CT molecular complexity index is 470. The Hall–Kier alpha value is -2.07. The van der Waals surface area contributed by atoms with E-state index in [-0.39, 0.29) is 11.9 Å². The number of hydrogen-bond acceptors (Lipinski definition) is 5. The molecule has 0 fully saturated rings. The molecular formula is C15H18O5. The molecule has 1 N–H and O–H groups in total. The molecular weight excluding hydrogens is 260 g/mol. The molecule has 0 atom stereocenters. The first-order chi connectivity index (χ1) is 9.63. The van der Waals surface area contributed by atoms with Crippen LogP contribution in [0, 0.1) is 5.92 Å². The lowest BCUT2D eigenvalue weighted by molar-refractivity contribution is -0.465. The van der Waals surface area contributed by atoms with Gasteiger partial charge in [-0.1, -0.05) is 31.7 Å². The zero-order valence-electron chi connectivity index (χ0n) is 11.5. The van der Waals surface area contributed by atoms with Gasteiger partial charge in [-0.3, -0.25) is 4.79 Å². The fourth-order valence-electron chi connectivity index (χ4n) is 1.38. The predicted molar refractivity (Wildman–Crippen MR) is 72.7 cm³/mol. The minimum Gasteiger partial charge on any atom is -0.426 e. The SMILES string of the molecule is CC(C)C(=O)Oc1ccc(CCC=C=COOO)cc1. The summed E-state index contributed by atoms with van der Waals surface area (Å²) in [6.07, 6.45) is 4.44. The largest absolute Gasteiger partial charge is 0.426 e. The van der Waals surface area contributed by atoms with E-state index in [1.54, 1.807) is 32.1 Å². The minimum atomic E-state index is -0.239. The van der Waals surface area contributed by atoms with Gasteiger partial charge in [-0.25, -0.2) is 5.26 Å². The Morgan fingerprint density at radius 1 is 1.35 bits per heavy atom. The minimum absolute atomic E-state index is 0.142. The van der Waals surface area contributed by atoms with Crippen LogP contribution in [-0.2, 0) is 21.1 Å². The summed E-state index contributed by atoms with van der Waals surface area (Å²) >= 11 is 0. The first kappa shape index (κ1) is 16.0. The number of ether oxygens (including phenoxy) is 1. The molecule has 0 heterocycles. The van der Waals surface area contributed by atoms with E-state index in [1.807, 2.05) is 12.1 Å². The predicted octanol–water partition coefficient (Wildman–Crippen LogP) is 3.27. The van der Waals surface area contributed by atoms with Crippen LogP contribution >= 0.6 is 0 Å². The Balaban J connectivity index is 2.43. The third-order valence-electron chi connectivity index (χ3n) is 2.47. The Morgan fingerprint density at radius 3 is 2.65 bits per heavy atom. The van der Waals surface area contributed by atoms with E-state index in [2.05, 4.69) is 15.7 Å². The van der Waals surface area contributed by atoms with Crippen LogP contribution in [0.1, 0.15) is 25.8 Å². The van der Waals surface area contributed by atoms with Crippen molar-refractivity contribution in [1.29, 1.82) is 0 Å². The van der Waals surface area contributed by atoms with E-state index in [0.717, 1.165) is 24.7 Å². The highest BCUT2D eigenvalue weighted by Gasteiger charge is 2.09. The molecule has 0 aromatic heterocycles. The molecule has 0 unspecified atom stereocenters. The Labute approximate surface area is 117 Å². The highest BCUT2D eigenvalue weighted by atomic mass is 17.5. The molecule has 5 nitrogen and oxygen atoms in total. The topological polar surface area (TPSA) is 65.0 Å². The molecule has 0 saturated carbocycles. The van der Waals surface area contributed by atoms with Gasteiger partial charge in [0.15, 0.2) is 6.26 Å². The molecule has 0 spiro atoms. The van der Waals surface area contributed by atoms with Gasteiger partial charge in [0.05, 0.1) is 5.92 Å². The quantitative estimate of drug-likeness (QED) is 0.207. The van der Waals surface area contributed by atoms with Crippen molar-refractivity contribution in [2.24, 2.45) is 5.92 Å². The van der Waals surface area contributed by atoms with Crippen molar-refractivity contribution in [2.45, 2.75) is 26.7 Å². The maximum atomic E-state index is 11.4. The first-order valence-corrected chi connectivity index (χ1v) is 6.30. The highest BCUT2D eigenvalue weighted by molar-refractivity contribution is 5.74. The number of aryl methyl sites for hydroxylation is 1. The van der Waals surface area contributed by atoms with Gasteiger partial charge in [-0.05, 0) is 41.7 Å². The van der Waals surface area contributed by atoms with E-state index in [9.17, 15) is 4.79 Å². The Morgan fingerprint density at radius 2 is 2.05 bits per heavy atom. The monoisotopic (exact) mass is 278 g/mol. The van der Waals surface area contributed by atoms with Crippen molar-refractivity contribution >= 4 is 5.97 Å².